The van der Waals surface area contributed by atoms with Crippen LogP contribution in [0.1, 0.15) is 31.4 Å². The topological polar surface area (TPSA) is 38.3 Å². The second kappa shape index (κ2) is 5.27. The van der Waals surface area contributed by atoms with Crippen molar-refractivity contribution < 1.29 is 13.9 Å². The lowest BCUT2D eigenvalue weighted by molar-refractivity contribution is -0.145. The minimum Gasteiger partial charge on any atom is -0.465 e. The smallest absolute Gasteiger partial charge is 0.323 e. The van der Waals surface area contributed by atoms with E-state index in [0.29, 0.717) is 6.61 Å². The summed E-state index contributed by atoms with van der Waals surface area (Å²) in [6.07, 6.45) is 1.63. The molecule has 17 heavy (non-hydrogen) atoms. The lowest BCUT2D eigenvalue weighted by Crippen LogP contribution is -2.33. The molecule has 1 unspecified atom stereocenters. The van der Waals surface area contributed by atoms with Gasteiger partial charge in [-0.15, -0.1) is 0 Å². The molecular weight excluding hydrogens is 221 g/mol. The molecule has 2 rings (SSSR count). The van der Waals surface area contributed by atoms with Gasteiger partial charge in [-0.05, 0) is 37.5 Å². The van der Waals surface area contributed by atoms with E-state index < -0.39 is 0 Å². The Kier molecular flexibility index (Phi) is 3.74. The van der Waals surface area contributed by atoms with Crippen LogP contribution in [-0.4, -0.2) is 18.6 Å². The molecular formula is C13H16FNO2. The Morgan fingerprint density at radius 3 is 2.76 bits per heavy atom. The van der Waals surface area contributed by atoms with Gasteiger partial charge in [-0.25, -0.2) is 4.39 Å². The summed E-state index contributed by atoms with van der Waals surface area (Å²) in [6.45, 7) is 2.20. The molecule has 0 aliphatic carbocycles. The zero-order chi connectivity index (χ0) is 12.3. The van der Waals surface area contributed by atoms with Crippen LogP contribution in [0.25, 0.3) is 0 Å². The molecule has 0 spiro atoms. The SMILES string of the molecule is CCOC(=O)C1CC[C@@H](c2ccc(F)cc2)N1. The Morgan fingerprint density at radius 2 is 2.12 bits per heavy atom. The van der Waals surface area contributed by atoms with Crippen molar-refractivity contribution in [2.75, 3.05) is 6.61 Å². The van der Waals surface area contributed by atoms with Crippen LogP contribution in [0, 0.1) is 5.82 Å². The zero-order valence-electron chi connectivity index (χ0n) is 9.78. The predicted molar refractivity (Wildman–Crippen MR) is 61.9 cm³/mol. The molecule has 4 heteroatoms. The highest BCUT2D eigenvalue weighted by atomic mass is 19.1. The Morgan fingerprint density at radius 1 is 1.41 bits per heavy atom. The van der Waals surface area contributed by atoms with Crippen LogP contribution in [0.2, 0.25) is 0 Å². The third-order valence-electron chi connectivity index (χ3n) is 2.99. The molecule has 1 aliphatic rings. The lowest BCUT2D eigenvalue weighted by Gasteiger charge is -2.13. The van der Waals surface area contributed by atoms with Gasteiger partial charge in [0.2, 0.25) is 0 Å². The largest absolute Gasteiger partial charge is 0.465 e. The maximum atomic E-state index is 12.8. The minimum atomic E-state index is -0.242. The van der Waals surface area contributed by atoms with Gasteiger partial charge in [0.1, 0.15) is 11.9 Å². The summed E-state index contributed by atoms with van der Waals surface area (Å²) in [7, 11) is 0. The molecule has 0 amide bonds. The van der Waals surface area contributed by atoms with Crippen LogP contribution in [0.4, 0.5) is 4.39 Å². The van der Waals surface area contributed by atoms with E-state index in [1.54, 1.807) is 19.1 Å². The van der Waals surface area contributed by atoms with Gasteiger partial charge in [-0.2, -0.15) is 0 Å². The summed E-state index contributed by atoms with van der Waals surface area (Å²) < 4.78 is 17.8. The van der Waals surface area contributed by atoms with Gasteiger partial charge in [0, 0.05) is 6.04 Å². The molecule has 1 fully saturated rings. The van der Waals surface area contributed by atoms with Crippen molar-refractivity contribution in [2.24, 2.45) is 0 Å². The maximum Gasteiger partial charge on any atom is 0.323 e. The summed E-state index contributed by atoms with van der Waals surface area (Å²) in [5, 5.41) is 3.21. The molecule has 1 aromatic rings. The van der Waals surface area contributed by atoms with Gasteiger partial charge in [-0.3, -0.25) is 10.1 Å². The number of hydrogen-bond donors (Lipinski definition) is 1. The van der Waals surface area contributed by atoms with Gasteiger partial charge in [0.25, 0.3) is 0 Å². The highest BCUT2D eigenvalue weighted by Crippen LogP contribution is 2.27. The molecule has 1 heterocycles. The van der Waals surface area contributed by atoms with Crippen LogP contribution in [-0.2, 0) is 9.53 Å². The van der Waals surface area contributed by atoms with Crippen LogP contribution in [0.3, 0.4) is 0 Å². The Balaban J connectivity index is 1.98. The molecule has 1 N–H and O–H groups in total. The van der Waals surface area contributed by atoms with E-state index in [-0.39, 0.29) is 23.9 Å². The summed E-state index contributed by atoms with van der Waals surface area (Å²) in [5.41, 5.74) is 1.01. The first-order valence-corrected chi connectivity index (χ1v) is 5.89. The first kappa shape index (κ1) is 12.0. The monoisotopic (exact) mass is 237 g/mol. The van der Waals surface area contributed by atoms with Crippen LogP contribution in [0.5, 0.6) is 0 Å². The third kappa shape index (κ3) is 2.82. The third-order valence-corrected chi connectivity index (χ3v) is 2.99. The fourth-order valence-electron chi connectivity index (χ4n) is 2.13. The number of benzene rings is 1. The van der Waals surface area contributed by atoms with Gasteiger partial charge >= 0.3 is 5.97 Å². The van der Waals surface area contributed by atoms with E-state index in [0.717, 1.165) is 18.4 Å². The number of carbonyl (C=O) groups excluding carboxylic acids is 1. The molecule has 0 saturated carbocycles. The van der Waals surface area contributed by atoms with Crippen LogP contribution >= 0.6 is 0 Å². The molecule has 1 saturated heterocycles. The number of nitrogens with one attached hydrogen (secondary N) is 1. The molecule has 0 aromatic heterocycles. The summed E-state index contributed by atoms with van der Waals surface area (Å²) in [4.78, 5) is 11.5. The number of carbonyl (C=O) groups is 1. The van der Waals surface area contributed by atoms with E-state index >= 15 is 0 Å². The second-order valence-electron chi connectivity index (χ2n) is 4.15. The second-order valence-corrected chi connectivity index (χ2v) is 4.15. The van der Waals surface area contributed by atoms with Crippen molar-refractivity contribution in [1.29, 1.82) is 0 Å². The molecule has 2 atom stereocenters. The van der Waals surface area contributed by atoms with Crippen molar-refractivity contribution in [2.45, 2.75) is 31.8 Å². The Hall–Kier alpha value is -1.42. The van der Waals surface area contributed by atoms with E-state index in [4.69, 9.17) is 4.74 Å². The number of halogens is 1. The number of rotatable bonds is 3. The highest BCUT2D eigenvalue weighted by Gasteiger charge is 2.30. The van der Waals surface area contributed by atoms with Crippen LogP contribution in [0.15, 0.2) is 24.3 Å². The highest BCUT2D eigenvalue weighted by molar-refractivity contribution is 5.76. The molecule has 1 aromatic carbocycles. The normalized spacial score (nSPS) is 23.6. The zero-order valence-corrected chi connectivity index (χ0v) is 9.78. The van der Waals surface area contributed by atoms with E-state index in [1.807, 2.05) is 0 Å². The fraction of sp³-hybridized carbons (Fsp3) is 0.462. The Bertz CT molecular complexity index is 391. The van der Waals surface area contributed by atoms with Gasteiger partial charge < -0.3 is 4.74 Å². The predicted octanol–water partition coefficient (Wildman–Crippen LogP) is 2.18. The van der Waals surface area contributed by atoms with Crippen molar-refractivity contribution in [3.05, 3.63) is 35.6 Å². The van der Waals surface area contributed by atoms with Crippen molar-refractivity contribution in [1.82, 2.24) is 5.32 Å². The summed E-state index contributed by atoms with van der Waals surface area (Å²) >= 11 is 0. The Labute approximate surface area is 100.0 Å². The number of hydrogen-bond acceptors (Lipinski definition) is 3. The number of esters is 1. The van der Waals surface area contributed by atoms with Gasteiger partial charge in [0.15, 0.2) is 0 Å². The lowest BCUT2D eigenvalue weighted by atomic mass is 10.1. The molecule has 0 bridgehead atoms. The first-order chi connectivity index (χ1) is 8.20. The van der Waals surface area contributed by atoms with Gasteiger partial charge in [-0.1, -0.05) is 12.1 Å². The van der Waals surface area contributed by atoms with E-state index in [9.17, 15) is 9.18 Å². The fourth-order valence-corrected chi connectivity index (χ4v) is 2.13. The quantitative estimate of drug-likeness (QED) is 0.819. The van der Waals surface area contributed by atoms with Crippen molar-refractivity contribution in [3.8, 4) is 0 Å². The minimum absolute atomic E-state index is 0.116. The summed E-state index contributed by atoms with van der Waals surface area (Å²) in [6, 6.07) is 6.26. The molecule has 0 radical (unpaired) electrons. The van der Waals surface area contributed by atoms with E-state index in [2.05, 4.69) is 5.32 Å². The average Bonchev–Trinajstić information content (AvgIpc) is 2.80. The standard InChI is InChI=1S/C13H16FNO2/c1-2-17-13(16)12-8-7-11(15-12)9-3-5-10(14)6-4-9/h3-6,11-12,15H,2,7-8H2,1H3/t11-,12?/m0/s1. The number of ether oxygens (including phenoxy) is 1. The first-order valence-electron chi connectivity index (χ1n) is 5.89. The van der Waals surface area contributed by atoms with Crippen LogP contribution < -0.4 is 5.32 Å². The summed E-state index contributed by atoms with van der Waals surface area (Å²) in [5.74, 6) is -0.439. The van der Waals surface area contributed by atoms with Crippen molar-refractivity contribution >= 4 is 5.97 Å². The van der Waals surface area contributed by atoms with E-state index in [1.165, 1.54) is 12.1 Å². The van der Waals surface area contributed by atoms with Crippen molar-refractivity contribution in [3.63, 3.8) is 0 Å². The maximum absolute atomic E-state index is 12.8. The molecule has 1 aliphatic heterocycles. The molecule has 92 valence electrons. The average molecular weight is 237 g/mol. The van der Waals surface area contributed by atoms with Gasteiger partial charge in [0.05, 0.1) is 6.61 Å². The molecule has 3 nitrogen and oxygen atoms in total.